The zero-order chi connectivity index (χ0) is 32.3. The van der Waals surface area contributed by atoms with E-state index < -0.39 is 0 Å². The molecule has 0 radical (unpaired) electrons. The molecule has 2 aliphatic heterocycles. The molecule has 9 nitrogen and oxygen atoms in total. The number of piperazine rings is 1. The third kappa shape index (κ3) is 13.2. The van der Waals surface area contributed by atoms with E-state index in [0.29, 0.717) is 13.1 Å². The van der Waals surface area contributed by atoms with Gasteiger partial charge in [-0.25, -0.2) is 0 Å². The van der Waals surface area contributed by atoms with E-state index in [1.165, 1.54) is 19.3 Å². The minimum atomic E-state index is 0.0324. The van der Waals surface area contributed by atoms with Crippen molar-refractivity contribution in [3.05, 3.63) is 48.5 Å². The third-order valence-corrected chi connectivity index (χ3v) is 7.61. The molecule has 9 heteroatoms. The largest absolute Gasteiger partial charge is 0.380 e. The van der Waals surface area contributed by atoms with Crippen molar-refractivity contribution in [3.63, 3.8) is 0 Å². The SMILES string of the molecule is CC(C)(C)Nc1ccc(NC(=O)CN2CCCCC2)cc1.CN1CCN(CC(=O)N(C)c2ccc(NC(C)(C)C)cc2)CC1. The number of nitrogens with zero attached hydrogens (tertiary/aromatic N) is 4. The minimum Gasteiger partial charge on any atom is -0.380 e. The van der Waals surface area contributed by atoms with Crippen LogP contribution in [0.15, 0.2) is 48.5 Å². The maximum Gasteiger partial charge on any atom is 0.240 e. The van der Waals surface area contributed by atoms with Gasteiger partial charge in [0, 0.05) is 67.1 Å². The molecule has 244 valence electrons. The van der Waals surface area contributed by atoms with Crippen LogP contribution >= 0.6 is 0 Å². The molecule has 2 amide bonds. The van der Waals surface area contributed by atoms with E-state index in [9.17, 15) is 9.59 Å². The Kier molecular flexibility index (Phi) is 13.1. The van der Waals surface area contributed by atoms with Gasteiger partial charge in [-0.2, -0.15) is 0 Å². The van der Waals surface area contributed by atoms with E-state index in [1.54, 1.807) is 4.90 Å². The summed E-state index contributed by atoms with van der Waals surface area (Å²) in [6, 6.07) is 15.9. The lowest BCUT2D eigenvalue weighted by Crippen LogP contribution is -2.48. The first-order valence-electron chi connectivity index (χ1n) is 16.1. The van der Waals surface area contributed by atoms with Crippen molar-refractivity contribution in [1.82, 2.24) is 14.7 Å². The number of likely N-dealkylation sites (tertiary alicyclic amines) is 1. The molecule has 2 aliphatic rings. The molecular formula is C35H57N7O2. The number of carbonyl (C=O) groups is 2. The summed E-state index contributed by atoms with van der Waals surface area (Å²) in [5, 5.41) is 9.81. The quantitative estimate of drug-likeness (QED) is 0.369. The summed E-state index contributed by atoms with van der Waals surface area (Å²) in [5.41, 5.74) is 4.00. The Morgan fingerprint density at radius 1 is 0.659 bits per heavy atom. The summed E-state index contributed by atoms with van der Waals surface area (Å²) >= 11 is 0. The maximum atomic E-state index is 12.5. The normalized spacial score (nSPS) is 16.8. The molecule has 3 N–H and O–H groups in total. The van der Waals surface area contributed by atoms with Gasteiger partial charge in [-0.05, 0) is 123 Å². The van der Waals surface area contributed by atoms with Crippen LogP contribution in [0.5, 0.6) is 0 Å². The van der Waals surface area contributed by atoms with Crippen LogP contribution in [0.4, 0.5) is 22.7 Å². The molecule has 2 fully saturated rings. The Bertz CT molecular complexity index is 1160. The van der Waals surface area contributed by atoms with Gasteiger partial charge in [0.2, 0.25) is 11.8 Å². The average Bonchev–Trinajstić information content (AvgIpc) is 2.94. The molecule has 0 atom stereocenters. The highest BCUT2D eigenvalue weighted by Crippen LogP contribution is 2.21. The Hall–Kier alpha value is -3.14. The molecule has 0 spiro atoms. The standard InChI is InChI=1S/C18H30N4O.C17H27N3O/c1-18(2,3)19-15-6-8-16(9-7-15)21(5)17(23)14-22-12-10-20(4)11-13-22;1-17(2,3)19-15-9-7-14(8-10-15)18-16(21)13-20-11-5-4-6-12-20/h6-9,19H,10-14H2,1-5H3;7-10,19H,4-6,11-13H2,1-3H3,(H,18,21). The van der Waals surface area contributed by atoms with Crippen molar-refractivity contribution in [1.29, 1.82) is 0 Å². The topological polar surface area (TPSA) is 83.2 Å². The molecular weight excluding hydrogens is 550 g/mol. The lowest BCUT2D eigenvalue weighted by Gasteiger charge is -2.32. The molecule has 2 saturated heterocycles. The van der Waals surface area contributed by atoms with Crippen LogP contribution in [-0.2, 0) is 9.59 Å². The molecule has 2 heterocycles. The highest BCUT2D eigenvalue weighted by Gasteiger charge is 2.20. The smallest absolute Gasteiger partial charge is 0.240 e. The first-order valence-corrected chi connectivity index (χ1v) is 16.1. The molecule has 2 aromatic rings. The van der Waals surface area contributed by atoms with Gasteiger partial charge in [0.05, 0.1) is 13.1 Å². The van der Waals surface area contributed by atoms with Crippen LogP contribution in [0, 0.1) is 0 Å². The fourth-order valence-corrected chi connectivity index (χ4v) is 5.24. The Labute approximate surface area is 266 Å². The number of hydrogen-bond donors (Lipinski definition) is 3. The maximum absolute atomic E-state index is 12.5. The van der Waals surface area contributed by atoms with Crippen LogP contribution in [0.2, 0.25) is 0 Å². The summed E-state index contributed by atoms with van der Waals surface area (Å²) in [6.45, 7) is 19.8. The molecule has 0 saturated carbocycles. The average molecular weight is 608 g/mol. The number of hydrogen-bond acceptors (Lipinski definition) is 7. The zero-order valence-electron chi connectivity index (χ0n) is 28.5. The van der Waals surface area contributed by atoms with Gasteiger partial charge in [0.1, 0.15) is 0 Å². The van der Waals surface area contributed by atoms with Crippen LogP contribution in [-0.4, -0.2) is 104 Å². The number of rotatable bonds is 8. The van der Waals surface area contributed by atoms with Gasteiger partial charge in [0.25, 0.3) is 0 Å². The predicted octanol–water partition coefficient (Wildman–Crippen LogP) is 5.43. The second kappa shape index (κ2) is 16.3. The van der Waals surface area contributed by atoms with Gasteiger partial charge in [-0.3, -0.25) is 19.4 Å². The molecule has 0 aromatic heterocycles. The van der Waals surface area contributed by atoms with E-state index in [-0.39, 0.29) is 22.9 Å². The molecule has 4 rings (SSSR count). The lowest BCUT2D eigenvalue weighted by molar-refractivity contribution is -0.120. The number of carbonyl (C=O) groups excluding carboxylic acids is 2. The van der Waals surface area contributed by atoms with E-state index in [1.807, 2.05) is 55.6 Å². The van der Waals surface area contributed by atoms with Crippen LogP contribution in [0.25, 0.3) is 0 Å². The van der Waals surface area contributed by atoms with Crippen molar-refractivity contribution in [2.24, 2.45) is 0 Å². The summed E-state index contributed by atoms with van der Waals surface area (Å²) in [6.07, 6.45) is 3.71. The third-order valence-electron chi connectivity index (χ3n) is 7.61. The summed E-state index contributed by atoms with van der Waals surface area (Å²) < 4.78 is 0. The molecule has 44 heavy (non-hydrogen) atoms. The number of amides is 2. The molecule has 2 aromatic carbocycles. The summed E-state index contributed by atoms with van der Waals surface area (Å²) in [5.74, 6) is 0.222. The Balaban J connectivity index is 0.000000241. The van der Waals surface area contributed by atoms with Gasteiger partial charge in [0.15, 0.2) is 0 Å². The van der Waals surface area contributed by atoms with Crippen molar-refractivity contribution in [2.75, 3.05) is 87.3 Å². The summed E-state index contributed by atoms with van der Waals surface area (Å²) in [7, 11) is 3.98. The minimum absolute atomic E-state index is 0.0324. The predicted molar refractivity (Wildman–Crippen MR) is 186 cm³/mol. The number of likely N-dealkylation sites (N-methyl/N-ethyl adjacent to an activating group) is 2. The highest BCUT2D eigenvalue weighted by atomic mass is 16.2. The van der Waals surface area contributed by atoms with Crippen LogP contribution < -0.4 is 20.9 Å². The van der Waals surface area contributed by atoms with E-state index in [4.69, 9.17) is 0 Å². The zero-order valence-corrected chi connectivity index (χ0v) is 28.5. The highest BCUT2D eigenvalue weighted by molar-refractivity contribution is 5.94. The van der Waals surface area contributed by atoms with E-state index in [0.717, 1.165) is 62.0 Å². The van der Waals surface area contributed by atoms with Gasteiger partial charge in [-0.15, -0.1) is 0 Å². The number of nitrogens with one attached hydrogen (secondary N) is 3. The summed E-state index contributed by atoms with van der Waals surface area (Å²) in [4.78, 5) is 33.0. The first kappa shape index (κ1) is 35.3. The molecule has 0 aliphatic carbocycles. The van der Waals surface area contributed by atoms with Crippen LogP contribution in [0.1, 0.15) is 60.8 Å². The Morgan fingerprint density at radius 2 is 1.11 bits per heavy atom. The fourth-order valence-electron chi connectivity index (χ4n) is 5.24. The fraction of sp³-hybridized carbons (Fsp3) is 0.600. The number of anilines is 4. The lowest BCUT2D eigenvalue weighted by atomic mass is 10.1. The van der Waals surface area contributed by atoms with Crippen molar-refractivity contribution < 1.29 is 9.59 Å². The molecule has 0 bridgehead atoms. The van der Waals surface area contributed by atoms with Gasteiger partial charge < -0.3 is 25.8 Å². The van der Waals surface area contributed by atoms with Crippen molar-refractivity contribution >= 4 is 34.6 Å². The van der Waals surface area contributed by atoms with Crippen LogP contribution in [0.3, 0.4) is 0 Å². The van der Waals surface area contributed by atoms with E-state index >= 15 is 0 Å². The van der Waals surface area contributed by atoms with E-state index in [2.05, 4.69) is 79.2 Å². The van der Waals surface area contributed by atoms with Gasteiger partial charge in [-0.1, -0.05) is 6.42 Å². The first-order chi connectivity index (χ1) is 20.7. The molecule has 0 unspecified atom stereocenters. The number of piperidine rings is 1. The van der Waals surface area contributed by atoms with Gasteiger partial charge >= 0.3 is 0 Å². The Morgan fingerprint density at radius 3 is 1.61 bits per heavy atom. The number of benzene rings is 2. The second-order valence-corrected chi connectivity index (χ2v) is 14.3. The monoisotopic (exact) mass is 607 g/mol. The van der Waals surface area contributed by atoms with Crippen molar-refractivity contribution in [3.8, 4) is 0 Å². The second-order valence-electron chi connectivity index (χ2n) is 14.3. The van der Waals surface area contributed by atoms with Crippen molar-refractivity contribution in [2.45, 2.75) is 71.9 Å².